The van der Waals surface area contributed by atoms with E-state index in [1.54, 1.807) is 14.2 Å². The molecule has 0 aliphatic carbocycles. The molecule has 21 heavy (non-hydrogen) atoms. The first-order chi connectivity index (χ1) is 9.76. The predicted octanol–water partition coefficient (Wildman–Crippen LogP) is 1.44. The molecule has 3 N–H and O–H groups in total. The van der Waals surface area contributed by atoms with Crippen LogP contribution in [0.15, 0.2) is 35.3 Å². The van der Waals surface area contributed by atoms with Gasteiger partial charge in [-0.3, -0.25) is 9.79 Å². The molecule has 1 aromatic rings. The van der Waals surface area contributed by atoms with E-state index in [1.807, 2.05) is 30.3 Å². The molecule has 0 fully saturated rings. The molecule has 118 valence electrons. The first kappa shape index (κ1) is 19.7. The maximum Gasteiger partial charge on any atom is 0.243 e. The number of anilines is 1. The van der Waals surface area contributed by atoms with Gasteiger partial charge in [0.05, 0.1) is 6.54 Å². The Bertz CT molecular complexity index is 426. The van der Waals surface area contributed by atoms with Crippen LogP contribution >= 0.6 is 24.0 Å². The van der Waals surface area contributed by atoms with Crippen LogP contribution in [0.5, 0.6) is 0 Å². The highest BCUT2D eigenvalue weighted by atomic mass is 127. The van der Waals surface area contributed by atoms with Crippen molar-refractivity contribution in [3.63, 3.8) is 0 Å². The van der Waals surface area contributed by atoms with Crippen molar-refractivity contribution < 1.29 is 9.53 Å². The van der Waals surface area contributed by atoms with Crippen molar-refractivity contribution in [2.24, 2.45) is 4.99 Å². The lowest BCUT2D eigenvalue weighted by atomic mass is 10.3. The first-order valence-electron chi connectivity index (χ1n) is 6.54. The highest BCUT2D eigenvalue weighted by Gasteiger charge is 2.03. The number of ether oxygens (including phenoxy) is 1. The highest BCUT2D eigenvalue weighted by molar-refractivity contribution is 14.0. The molecule has 1 aromatic carbocycles. The Labute approximate surface area is 142 Å². The molecule has 7 heteroatoms. The molecular formula is C14H23IN4O2. The van der Waals surface area contributed by atoms with Gasteiger partial charge in [0.15, 0.2) is 5.96 Å². The predicted molar refractivity (Wildman–Crippen MR) is 96.3 cm³/mol. The van der Waals surface area contributed by atoms with Crippen LogP contribution in [-0.4, -0.2) is 45.7 Å². The van der Waals surface area contributed by atoms with Crippen LogP contribution in [0.1, 0.15) is 6.42 Å². The number of hydrogen-bond acceptors (Lipinski definition) is 3. The Morgan fingerprint density at radius 2 is 1.95 bits per heavy atom. The summed E-state index contributed by atoms with van der Waals surface area (Å²) >= 11 is 0. The van der Waals surface area contributed by atoms with Crippen molar-refractivity contribution in [1.82, 2.24) is 10.6 Å². The number of benzene rings is 1. The fourth-order valence-corrected chi connectivity index (χ4v) is 1.53. The van der Waals surface area contributed by atoms with Crippen molar-refractivity contribution in [2.45, 2.75) is 6.42 Å². The Kier molecular flexibility index (Phi) is 11.6. The maximum absolute atomic E-state index is 11.7. The van der Waals surface area contributed by atoms with Gasteiger partial charge in [0.2, 0.25) is 5.91 Å². The standard InChI is InChI=1S/C14H22N4O2.HI/c1-15-14(16-9-6-10-20-2)17-11-13(19)18-12-7-4-3-5-8-12;/h3-5,7-8H,6,9-11H2,1-2H3,(H,18,19)(H2,15,16,17);1H. The van der Waals surface area contributed by atoms with Crippen molar-refractivity contribution in [3.05, 3.63) is 30.3 Å². The molecule has 0 aliphatic rings. The number of amides is 1. The lowest BCUT2D eigenvalue weighted by molar-refractivity contribution is -0.115. The summed E-state index contributed by atoms with van der Waals surface area (Å²) in [5.41, 5.74) is 0.780. The van der Waals surface area contributed by atoms with Crippen LogP contribution in [0.25, 0.3) is 0 Å². The molecule has 6 nitrogen and oxygen atoms in total. The van der Waals surface area contributed by atoms with Gasteiger partial charge in [-0.2, -0.15) is 0 Å². The van der Waals surface area contributed by atoms with E-state index >= 15 is 0 Å². The monoisotopic (exact) mass is 406 g/mol. The van der Waals surface area contributed by atoms with Gasteiger partial charge in [-0.25, -0.2) is 0 Å². The average Bonchev–Trinajstić information content (AvgIpc) is 2.47. The molecule has 0 saturated heterocycles. The number of nitrogens with one attached hydrogen (secondary N) is 3. The average molecular weight is 406 g/mol. The third-order valence-electron chi connectivity index (χ3n) is 2.52. The summed E-state index contributed by atoms with van der Waals surface area (Å²) < 4.78 is 4.96. The van der Waals surface area contributed by atoms with E-state index in [0.717, 1.165) is 18.7 Å². The zero-order valence-electron chi connectivity index (χ0n) is 12.4. The number of halogens is 1. The van der Waals surface area contributed by atoms with Crippen LogP contribution in [0.4, 0.5) is 5.69 Å². The summed E-state index contributed by atoms with van der Waals surface area (Å²) in [5.74, 6) is 0.486. The van der Waals surface area contributed by atoms with Gasteiger partial charge < -0.3 is 20.7 Å². The van der Waals surface area contributed by atoms with Crippen LogP contribution in [-0.2, 0) is 9.53 Å². The van der Waals surface area contributed by atoms with Crippen molar-refractivity contribution in [3.8, 4) is 0 Å². The lowest BCUT2D eigenvalue weighted by Gasteiger charge is -2.11. The van der Waals surface area contributed by atoms with Gasteiger partial charge in [-0.05, 0) is 18.6 Å². The zero-order chi connectivity index (χ0) is 14.6. The SMILES string of the molecule is CN=C(NCCCOC)NCC(=O)Nc1ccccc1.I. The molecule has 0 atom stereocenters. The van der Waals surface area contributed by atoms with E-state index in [1.165, 1.54) is 0 Å². The minimum Gasteiger partial charge on any atom is -0.385 e. The number of guanidine groups is 1. The molecule has 1 amide bonds. The van der Waals surface area contributed by atoms with Crippen LogP contribution < -0.4 is 16.0 Å². The highest BCUT2D eigenvalue weighted by Crippen LogP contribution is 2.03. The Morgan fingerprint density at radius 1 is 1.24 bits per heavy atom. The van der Waals surface area contributed by atoms with Crippen LogP contribution in [0.3, 0.4) is 0 Å². The molecule has 0 saturated carbocycles. The normalized spacial score (nSPS) is 10.5. The van der Waals surface area contributed by atoms with Crippen molar-refractivity contribution >= 4 is 41.5 Å². The second kappa shape index (κ2) is 12.4. The van der Waals surface area contributed by atoms with E-state index in [9.17, 15) is 4.79 Å². The Balaban J connectivity index is 0.00000400. The minimum absolute atomic E-state index is 0. The lowest BCUT2D eigenvalue weighted by Crippen LogP contribution is -2.41. The summed E-state index contributed by atoms with van der Waals surface area (Å²) in [5, 5.41) is 8.85. The fourth-order valence-electron chi connectivity index (χ4n) is 1.53. The molecule has 1 rings (SSSR count). The summed E-state index contributed by atoms with van der Waals surface area (Å²) in [6.45, 7) is 1.60. The van der Waals surface area contributed by atoms with Gasteiger partial charge in [0, 0.05) is 33.0 Å². The fraction of sp³-hybridized carbons (Fsp3) is 0.429. The number of methoxy groups -OCH3 is 1. The number of carbonyl (C=O) groups is 1. The molecular weight excluding hydrogens is 383 g/mol. The molecule has 0 aliphatic heterocycles. The number of aliphatic imine (C=N–C) groups is 1. The number of nitrogens with zero attached hydrogens (tertiary/aromatic N) is 1. The van der Waals surface area contributed by atoms with E-state index < -0.39 is 0 Å². The molecule has 0 spiro atoms. The molecule has 0 radical (unpaired) electrons. The number of rotatable bonds is 7. The van der Waals surface area contributed by atoms with Gasteiger partial charge in [0.25, 0.3) is 0 Å². The topological polar surface area (TPSA) is 74.8 Å². The van der Waals surface area contributed by atoms with Crippen LogP contribution in [0, 0.1) is 0 Å². The van der Waals surface area contributed by atoms with Crippen molar-refractivity contribution in [2.75, 3.05) is 39.2 Å². The van der Waals surface area contributed by atoms with E-state index in [0.29, 0.717) is 12.6 Å². The summed E-state index contributed by atoms with van der Waals surface area (Å²) in [6.07, 6.45) is 0.882. The smallest absolute Gasteiger partial charge is 0.243 e. The molecule has 0 bridgehead atoms. The zero-order valence-corrected chi connectivity index (χ0v) is 14.7. The van der Waals surface area contributed by atoms with Gasteiger partial charge in [-0.15, -0.1) is 24.0 Å². The summed E-state index contributed by atoms with van der Waals surface area (Å²) in [4.78, 5) is 15.8. The Morgan fingerprint density at radius 3 is 2.57 bits per heavy atom. The molecule has 0 heterocycles. The van der Waals surface area contributed by atoms with E-state index in [2.05, 4.69) is 20.9 Å². The van der Waals surface area contributed by atoms with E-state index in [4.69, 9.17) is 4.74 Å². The molecule has 0 aromatic heterocycles. The molecule has 0 unspecified atom stereocenters. The van der Waals surface area contributed by atoms with Gasteiger partial charge in [0.1, 0.15) is 0 Å². The quantitative estimate of drug-likeness (QED) is 0.277. The van der Waals surface area contributed by atoms with Gasteiger partial charge >= 0.3 is 0 Å². The Hall–Kier alpha value is -1.35. The second-order valence-corrected chi connectivity index (χ2v) is 4.11. The third-order valence-corrected chi connectivity index (χ3v) is 2.52. The first-order valence-corrected chi connectivity index (χ1v) is 6.54. The van der Waals surface area contributed by atoms with Crippen molar-refractivity contribution in [1.29, 1.82) is 0 Å². The van der Waals surface area contributed by atoms with E-state index in [-0.39, 0.29) is 36.4 Å². The number of carbonyl (C=O) groups excluding carboxylic acids is 1. The van der Waals surface area contributed by atoms with Crippen LogP contribution in [0.2, 0.25) is 0 Å². The summed E-state index contributed by atoms with van der Waals surface area (Å²) in [7, 11) is 3.34. The minimum atomic E-state index is -0.115. The number of para-hydroxylation sites is 1. The number of hydrogen-bond donors (Lipinski definition) is 3. The third kappa shape index (κ3) is 9.24. The van der Waals surface area contributed by atoms with Gasteiger partial charge in [-0.1, -0.05) is 18.2 Å². The summed E-state index contributed by atoms with van der Waals surface area (Å²) in [6, 6.07) is 9.34. The second-order valence-electron chi connectivity index (χ2n) is 4.11. The largest absolute Gasteiger partial charge is 0.385 e. The maximum atomic E-state index is 11.7.